The third kappa shape index (κ3) is 5.07. The van der Waals surface area contributed by atoms with Crippen LogP contribution in [0.1, 0.15) is 64.7 Å². The van der Waals surface area contributed by atoms with E-state index in [1.807, 2.05) is 0 Å². The highest BCUT2D eigenvalue weighted by molar-refractivity contribution is 5.70. The Balaban J connectivity index is 2.01. The second-order valence-corrected chi connectivity index (χ2v) is 5.37. The number of ether oxygens (including phenoxy) is 1. The average molecular weight is 241 g/mol. The van der Waals surface area contributed by atoms with Gasteiger partial charge in [-0.25, -0.2) is 0 Å². The fourth-order valence-corrected chi connectivity index (χ4v) is 2.38. The molecule has 100 valence electrons. The highest BCUT2D eigenvalue weighted by Gasteiger charge is 2.37. The van der Waals surface area contributed by atoms with Crippen LogP contribution < -0.4 is 5.73 Å². The zero-order chi connectivity index (χ0) is 12.6. The van der Waals surface area contributed by atoms with Gasteiger partial charge in [-0.05, 0) is 31.2 Å². The molecule has 0 aromatic carbocycles. The highest BCUT2D eigenvalue weighted by Crippen LogP contribution is 2.43. The third-order valence-electron chi connectivity index (χ3n) is 3.88. The molecule has 0 spiro atoms. The largest absolute Gasteiger partial charge is 0.466 e. The van der Waals surface area contributed by atoms with Gasteiger partial charge in [-0.15, -0.1) is 0 Å². The molecular formula is C14H27NO2. The van der Waals surface area contributed by atoms with E-state index in [9.17, 15) is 4.79 Å². The predicted octanol–water partition coefficient (Wildman–Crippen LogP) is 3.02. The van der Waals surface area contributed by atoms with E-state index in [1.165, 1.54) is 32.1 Å². The second-order valence-electron chi connectivity index (χ2n) is 5.37. The van der Waals surface area contributed by atoms with E-state index in [1.54, 1.807) is 0 Å². The average Bonchev–Trinajstić information content (AvgIpc) is 2.28. The minimum Gasteiger partial charge on any atom is -0.466 e. The number of nitrogens with two attached hydrogens (primary N) is 1. The second kappa shape index (κ2) is 7.70. The first kappa shape index (κ1) is 14.5. The summed E-state index contributed by atoms with van der Waals surface area (Å²) in [6, 6.07) is 0. The first-order valence-electron chi connectivity index (χ1n) is 7.08. The molecule has 0 amide bonds. The summed E-state index contributed by atoms with van der Waals surface area (Å²) < 4.78 is 5.26. The van der Waals surface area contributed by atoms with Crippen molar-refractivity contribution in [1.29, 1.82) is 0 Å². The molecule has 2 N–H and O–H groups in total. The van der Waals surface area contributed by atoms with Gasteiger partial charge in [-0.1, -0.05) is 39.0 Å². The molecule has 3 nitrogen and oxygen atoms in total. The first-order valence-corrected chi connectivity index (χ1v) is 7.08. The number of unbranched alkanes of at least 4 members (excludes halogenated alkanes) is 4. The zero-order valence-corrected chi connectivity index (χ0v) is 11.2. The maximum absolute atomic E-state index is 11.6. The maximum atomic E-state index is 11.6. The Hall–Kier alpha value is -0.570. The number of hydrogen-bond donors (Lipinski definition) is 1. The van der Waals surface area contributed by atoms with Crippen LogP contribution in [0, 0.1) is 5.41 Å². The molecular weight excluding hydrogens is 214 g/mol. The molecule has 0 radical (unpaired) electrons. The molecule has 0 atom stereocenters. The number of carbonyl (C=O) groups excluding carboxylic acids is 1. The summed E-state index contributed by atoms with van der Waals surface area (Å²) in [6.45, 7) is 3.41. The lowest BCUT2D eigenvalue weighted by Gasteiger charge is -2.40. The Bertz CT molecular complexity index is 219. The SMILES string of the molecule is CCCCCCCOC(=O)CC1(CN)CCC1. The van der Waals surface area contributed by atoms with E-state index < -0.39 is 0 Å². The van der Waals surface area contributed by atoms with E-state index >= 15 is 0 Å². The van der Waals surface area contributed by atoms with Gasteiger partial charge in [-0.3, -0.25) is 4.79 Å². The molecule has 0 bridgehead atoms. The molecule has 1 saturated carbocycles. The number of rotatable bonds is 9. The molecule has 1 aliphatic rings. The lowest BCUT2D eigenvalue weighted by molar-refractivity contribution is -0.148. The Labute approximate surface area is 105 Å². The van der Waals surface area contributed by atoms with Gasteiger partial charge >= 0.3 is 5.97 Å². The number of carbonyl (C=O) groups is 1. The molecule has 17 heavy (non-hydrogen) atoms. The molecule has 0 aromatic rings. The van der Waals surface area contributed by atoms with Crippen LogP contribution in [0.4, 0.5) is 0 Å². The lowest BCUT2D eigenvalue weighted by atomic mass is 9.67. The van der Waals surface area contributed by atoms with E-state index in [4.69, 9.17) is 10.5 Å². The minimum atomic E-state index is -0.0503. The summed E-state index contributed by atoms with van der Waals surface area (Å²) in [5.74, 6) is -0.0503. The van der Waals surface area contributed by atoms with Crippen molar-refractivity contribution in [2.45, 2.75) is 64.7 Å². The van der Waals surface area contributed by atoms with Crippen LogP contribution in [0.25, 0.3) is 0 Å². The Morgan fingerprint density at radius 3 is 2.47 bits per heavy atom. The van der Waals surface area contributed by atoms with E-state index in [-0.39, 0.29) is 11.4 Å². The summed E-state index contributed by atoms with van der Waals surface area (Å²) in [4.78, 5) is 11.6. The fraction of sp³-hybridized carbons (Fsp3) is 0.929. The summed E-state index contributed by atoms with van der Waals surface area (Å²) in [6.07, 6.45) is 9.87. The topological polar surface area (TPSA) is 52.3 Å². The van der Waals surface area contributed by atoms with Crippen LogP contribution in [-0.2, 0) is 9.53 Å². The molecule has 0 aliphatic heterocycles. The standard InChI is InChI=1S/C14H27NO2/c1-2-3-4-5-6-10-17-13(16)11-14(12-15)8-7-9-14/h2-12,15H2,1H3. The fourth-order valence-electron chi connectivity index (χ4n) is 2.38. The molecule has 3 heteroatoms. The van der Waals surface area contributed by atoms with Crippen molar-refractivity contribution in [3.8, 4) is 0 Å². The van der Waals surface area contributed by atoms with Gasteiger partial charge in [0.25, 0.3) is 0 Å². The smallest absolute Gasteiger partial charge is 0.306 e. The van der Waals surface area contributed by atoms with E-state index in [2.05, 4.69) is 6.92 Å². The minimum absolute atomic E-state index is 0.0503. The molecule has 1 fully saturated rings. The van der Waals surface area contributed by atoms with Crippen molar-refractivity contribution in [2.75, 3.05) is 13.2 Å². The summed E-state index contributed by atoms with van der Waals surface area (Å²) in [7, 11) is 0. The molecule has 1 rings (SSSR count). The summed E-state index contributed by atoms with van der Waals surface area (Å²) in [5.41, 5.74) is 5.80. The van der Waals surface area contributed by atoms with Gasteiger partial charge in [-0.2, -0.15) is 0 Å². The Kier molecular flexibility index (Phi) is 6.56. The summed E-state index contributed by atoms with van der Waals surface area (Å²) in [5, 5.41) is 0. The Morgan fingerprint density at radius 1 is 1.24 bits per heavy atom. The summed E-state index contributed by atoms with van der Waals surface area (Å²) >= 11 is 0. The van der Waals surface area contributed by atoms with E-state index in [0.29, 0.717) is 19.6 Å². The van der Waals surface area contributed by atoms with Crippen molar-refractivity contribution >= 4 is 5.97 Å². The van der Waals surface area contributed by atoms with Crippen molar-refractivity contribution in [1.82, 2.24) is 0 Å². The monoisotopic (exact) mass is 241 g/mol. The predicted molar refractivity (Wildman–Crippen MR) is 69.7 cm³/mol. The normalized spacial score (nSPS) is 17.5. The van der Waals surface area contributed by atoms with Crippen molar-refractivity contribution < 1.29 is 9.53 Å². The molecule has 0 unspecified atom stereocenters. The van der Waals surface area contributed by atoms with Gasteiger partial charge in [0.2, 0.25) is 0 Å². The van der Waals surface area contributed by atoms with E-state index in [0.717, 1.165) is 19.3 Å². The molecule has 1 aliphatic carbocycles. The van der Waals surface area contributed by atoms with Gasteiger partial charge < -0.3 is 10.5 Å². The van der Waals surface area contributed by atoms with Gasteiger partial charge in [0.05, 0.1) is 13.0 Å². The molecule has 0 heterocycles. The first-order chi connectivity index (χ1) is 8.22. The maximum Gasteiger partial charge on any atom is 0.306 e. The van der Waals surface area contributed by atoms with Crippen molar-refractivity contribution in [3.05, 3.63) is 0 Å². The zero-order valence-electron chi connectivity index (χ0n) is 11.2. The van der Waals surface area contributed by atoms with Crippen LogP contribution in [0.15, 0.2) is 0 Å². The van der Waals surface area contributed by atoms with Crippen LogP contribution >= 0.6 is 0 Å². The van der Waals surface area contributed by atoms with Crippen LogP contribution in [-0.4, -0.2) is 19.1 Å². The number of hydrogen-bond acceptors (Lipinski definition) is 3. The van der Waals surface area contributed by atoms with Crippen molar-refractivity contribution in [2.24, 2.45) is 11.1 Å². The van der Waals surface area contributed by atoms with Gasteiger partial charge in [0, 0.05) is 0 Å². The van der Waals surface area contributed by atoms with Crippen LogP contribution in [0.5, 0.6) is 0 Å². The van der Waals surface area contributed by atoms with Crippen molar-refractivity contribution in [3.63, 3.8) is 0 Å². The van der Waals surface area contributed by atoms with Gasteiger partial charge in [0.15, 0.2) is 0 Å². The van der Waals surface area contributed by atoms with Crippen LogP contribution in [0.3, 0.4) is 0 Å². The third-order valence-corrected chi connectivity index (χ3v) is 3.88. The van der Waals surface area contributed by atoms with Crippen LogP contribution in [0.2, 0.25) is 0 Å². The number of esters is 1. The quantitative estimate of drug-likeness (QED) is 0.498. The Morgan fingerprint density at radius 2 is 1.94 bits per heavy atom. The molecule has 0 saturated heterocycles. The lowest BCUT2D eigenvalue weighted by Crippen LogP contribution is -2.39. The highest BCUT2D eigenvalue weighted by atomic mass is 16.5. The van der Waals surface area contributed by atoms with Gasteiger partial charge in [0.1, 0.15) is 0 Å². The molecule has 0 aromatic heterocycles.